The number of nitroso groups, excluding NO2 is 1. The number of hydrogen-bond donors (Lipinski definition) is 2. The summed E-state index contributed by atoms with van der Waals surface area (Å²) in [5.74, 6) is 0.552. The summed E-state index contributed by atoms with van der Waals surface area (Å²) < 4.78 is 0. The normalized spacial score (nSPS) is 17.0. The Morgan fingerprint density at radius 1 is 1.00 bits per heavy atom. The minimum Gasteiger partial charge on any atom is -0.357 e. The fourth-order valence-electron chi connectivity index (χ4n) is 6.51. The number of carbonyl (C=O) groups excluding carboxylic acids is 1. The average Bonchev–Trinajstić information content (AvgIpc) is 3.19. The van der Waals surface area contributed by atoms with Crippen LogP contribution >= 0.6 is 0 Å². The van der Waals surface area contributed by atoms with Crippen molar-refractivity contribution in [3.8, 4) is 0 Å². The molecule has 0 atom stereocenters. The van der Waals surface area contributed by atoms with Crippen molar-refractivity contribution in [2.75, 3.05) is 25.0 Å². The number of nitrogens with one attached hydrogen (secondary N) is 2. The van der Waals surface area contributed by atoms with Crippen LogP contribution in [0.15, 0.2) is 95.2 Å². The van der Waals surface area contributed by atoms with E-state index < -0.39 is 0 Å². The maximum absolute atomic E-state index is 12.2. The van der Waals surface area contributed by atoms with Gasteiger partial charge in [0, 0.05) is 34.6 Å². The van der Waals surface area contributed by atoms with E-state index in [-0.39, 0.29) is 11.8 Å². The van der Waals surface area contributed by atoms with Gasteiger partial charge in [-0.2, -0.15) is 0 Å². The number of carbonyl (C=O) groups is 1. The van der Waals surface area contributed by atoms with E-state index in [4.69, 9.17) is 0 Å². The molecular weight excluding hydrogens is 532 g/mol. The van der Waals surface area contributed by atoms with Gasteiger partial charge in [-0.3, -0.25) is 4.79 Å². The van der Waals surface area contributed by atoms with Crippen molar-refractivity contribution in [2.24, 2.45) is 11.1 Å². The Kier molecular flexibility index (Phi) is 8.66. The van der Waals surface area contributed by atoms with E-state index in [0.717, 1.165) is 68.7 Å². The molecule has 2 heterocycles. The number of likely N-dealkylation sites (tertiary alicyclic amines) is 1. The zero-order valence-corrected chi connectivity index (χ0v) is 25.1. The Morgan fingerprint density at radius 2 is 1.79 bits per heavy atom. The SMILES string of the molecule is CC(C)C(=O)Nc1cccc(C2CCN(CCCC3=C(c4ccc(N=O)cc4)NC4=c5ccccc5=CC=C3C4)CC2)c1. The molecule has 6 nitrogen and oxygen atoms in total. The predicted octanol–water partition coefficient (Wildman–Crippen LogP) is 6.57. The molecule has 6 rings (SSSR count). The monoisotopic (exact) mass is 572 g/mol. The van der Waals surface area contributed by atoms with Crippen molar-refractivity contribution < 1.29 is 4.79 Å². The summed E-state index contributed by atoms with van der Waals surface area (Å²) in [7, 11) is 0. The lowest BCUT2D eigenvalue weighted by Gasteiger charge is -2.33. The molecule has 1 amide bonds. The number of rotatable bonds is 9. The molecule has 3 aromatic carbocycles. The smallest absolute Gasteiger partial charge is 0.226 e. The van der Waals surface area contributed by atoms with Gasteiger partial charge in [0.05, 0.1) is 0 Å². The second-order valence-electron chi connectivity index (χ2n) is 12.2. The van der Waals surface area contributed by atoms with Gasteiger partial charge in [0.25, 0.3) is 0 Å². The van der Waals surface area contributed by atoms with Gasteiger partial charge >= 0.3 is 0 Å². The highest BCUT2D eigenvalue weighted by Gasteiger charge is 2.24. The topological polar surface area (TPSA) is 73.8 Å². The van der Waals surface area contributed by atoms with Gasteiger partial charge in [0.1, 0.15) is 5.69 Å². The number of amides is 1. The van der Waals surface area contributed by atoms with E-state index in [9.17, 15) is 9.70 Å². The van der Waals surface area contributed by atoms with Gasteiger partial charge in [-0.1, -0.05) is 74.5 Å². The lowest BCUT2D eigenvalue weighted by Crippen LogP contribution is -2.34. The molecule has 0 saturated carbocycles. The Labute approximate surface area is 253 Å². The molecule has 2 aliphatic heterocycles. The summed E-state index contributed by atoms with van der Waals surface area (Å²) in [5, 5.41) is 12.4. The van der Waals surface area contributed by atoms with Crippen LogP contribution in [0.2, 0.25) is 0 Å². The summed E-state index contributed by atoms with van der Waals surface area (Å²) in [6.07, 6.45) is 9.76. The van der Waals surface area contributed by atoms with Gasteiger partial charge in [0.15, 0.2) is 0 Å². The van der Waals surface area contributed by atoms with Crippen LogP contribution in [0, 0.1) is 10.8 Å². The van der Waals surface area contributed by atoms with Crippen molar-refractivity contribution in [2.45, 2.75) is 51.9 Å². The summed E-state index contributed by atoms with van der Waals surface area (Å²) in [5.41, 5.74) is 8.83. The maximum Gasteiger partial charge on any atom is 0.226 e. The quantitative estimate of drug-likeness (QED) is 0.285. The predicted molar refractivity (Wildman–Crippen MR) is 176 cm³/mol. The van der Waals surface area contributed by atoms with Crippen molar-refractivity contribution in [1.29, 1.82) is 0 Å². The van der Waals surface area contributed by atoms with Crippen molar-refractivity contribution in [3.63, 3.8) is 0 Å². The highest BCUT2D eigenvalue weighted by molar-refractivity contribution is 5.92. The number of allylic oxidation sites excluding steroid dienone is 2. The number of nitrogens with zero attached hydrogens (tertiary/aromatic N) is 2. The van der Waals surface area contributed by atoms with Gasteiger partial charge in [-0.05, 0) is 108 Å². The third kappa shape index (κ3) is 6.55. The second kappa shape index (κ2) is 12.9. The van der Waals surface area contributed by atoms with E-state index in [1.54, 1.807) is 12.1 Å². The fourth-order valence-corrected chi connectivity index (χ4v) is 6.51. The molecule has 1 fully saturated rings. The molecule has 2 bridgehead atoms. The highest BCUT2D eigenvalue weighted by atomic mass is 16.3. The number of fused-ring (bicyclic) bond motifs is 3. The van der Waals surface area contributed by atoms with Crippen molar-refractivity contribution in [1.82, 2.24) is 10.2 Å². The van der Waals surface area contributed by atoms with Crippen LogP contribution in [-0.4, -0.2) is 30.4 Å². The van der Waals surface area contributed by atoms with Crippen LogP contribution in [0.5, 0.6) is 0 Å². The summed E-state index contributed by atoms with van der Waals surface area (Å²) in [4.78, 5) is 25.8. The average molecular weight is 573 g/mol. The van der Waals surface area contributed by atoms with E-state index in [1.807, 2.05) is 32.0 Å². The Bertz CT molecular complexity index is 1690. The molecule has 0 radical (unpaired) electrons. The van der Waals surface area contributed by atoms with Crippen LogP contribution in [0.3, 0.4) is 0 Å². The van der Waals surface area contributed by atoms with Crippen LogP contribution in [0.1, 0.15) is 63.0 Å². The number of hydrogen-bond acceptors (Lipinski definition) is 5. The first-order valence-electron chi connectivity index (χ1n) is 15.5. The molecule has 1 aliphatic carbocycles. The molecule has 0 spiro atoms. The maximum atomic E-state index is 12.2. The van der Waals surface area contributed by atoms with Crippen LogP contribution < -0.4 is 21.1 Å². The zero-order chi connectivity index (χ0) is 29.8. The largest absolute Gasteiger partial charge is 0.357 e. The number of benzene rings is 3. The number of anilines is 1. The minimum atomic E-state index is -0.0306. The third-order valence-corrected chi connectivity index (χ3v) is 8.98. The van der Waals surface area contributed by atoms with Crippen molar-refractivity contribution in [3.05, 3.63) is 116 Å². The molecule has 43 heavy (non-hydrogen) atoms. The standard InChI is InChI=1S/C37H40N4O2/c1-25(2)37(42)38-32-9-5-8-29(23-32)26-18-21-41(22-19-26)20-6-11-34-30-13-12-27-7-3-4-10-33(27)35(24-30)39-36(34)28-14-16-31(40-43)17-15-28/h3-5,7-10,12-17,23,25-26,39H,6,11,18-22,24H2,1-2H3,(H,38,42). The van der Waals surface area contributed by atoms with Gasteiger partial charge < -0.3 is 15.5 Å². The molecule has 0 unspecified atom stereocenters. The van der Waals surface area contributed by atoms with Crippen molar-refractivity contribution >= 4 is 34.8 Å². The van der Waals surface area contributed by atoms with Crippen LogP contribution in [0.25, 0.3) is 17.5 Å². The third-order valence-electron chi connectivity index (χ3n) is 8.98. The summed E-state index contributed by atoms with van der Waals surface area (Å²) in [6.45, 7) is 7.07. The lowest BCUT2D eigenvalue weighted by molar-refractivity contribution is -0.118. The summed E-state index contributed by atoms with van der Waals surface area (Å²) >= 11 is 0. The minimum absolute atomic E-state index is 0.0306. The second-order valence-corrected chi connectivity index (χ2v) is 12.2. The lowest BCUT2D eigenvalue weighted by atomic mass is 9.88. The first kappa shape index (κ1) is 28.8. The molecule has 220 valence electrons. The highest BCUT2D eigenvalue weighted by Crippen LogP contribution is 2.36. The Morgan fingerprint density at radius 3 is 2.56 bits per heavy atom. The van der Waals surface area contributed by atoms with Crippen LogP contribution in [-0.2, 0) is 4.79 Å². The Hall–Kier alpha value is -4.29. The molecule has 1 saturated heterocycles. The van der Waals surface area contributed by atoms with Gasteiger partial charge in [-0.15, -0.1) is 4.91 Å². The molecule has 6 heteroatoms. The zero-order valence-electron chi connectivity index (χ0n) is 25.1. The van der Waals surface area contributed by atoms with E-state index in [1.165, 1.54) is 32.8 Å². The first-order chi connectivity index (χ1) is 21.0. The number of piperidine rings is 1. The molecule has 3 aromatic rings. The van der Waals surface area contributed by atoms with Gasteiger partial charge in [0.2, 0.25) is 5.91 Å². The molecular formula is C37H40N4O2. The first-order valence-corrected chi connectivity index (χ1v) is 15.5. The molecule has 2 N–H and O–H groups in total. The molecule has 0 aromatic heterocycles. The fraction of sp³-hybridized carbons (Fsp3) is 0.324. The van der Waals surface area contributed by atoms with E-state index in [2.05, 4.69) is 75.3 Å². The summed E-state index contributed by atoms with van der Waals surface area (Å²) in [6, 6.07) is 24.5. The van der Waals surface area contributed by atoms with E-state index in [0.29, 0.717) is 11.6 Å². The Balaban J connectivity index is 1.14. The van der Waals surface area contributed by atoms with Crippen LogP contribution in [0.4, 0.5) is 11.4 Å². The molecule has 3 aliphatic rings. The van der Waals surface area contributed by atoms with E-state index >= 15 is 0 Å². The van der Waals surface area contributed by atoms with Gasteiger partial charge in [-0.25, -0.2) is 0 Å².